The van der Waals surface area contributed by atoms with Crippen molar-refractivity contribution in [2.24, 2.45) is 0 Å². The molecule has 0 aliphatic heterocycles. The van der Waals surface area contributed by atoms with Gasteiger partial charge in [0.25, 0.3) is 11.5 Å². The molecule has 3 aromatic rings. The minimum absolute atomic E-state index is 0.160. The Morgan fingerprint density at radius 1 is 1.23 bits per heavy atom. The van der Waals surface area contributed by atoms with Crippen LogP contribution in [0.1, 0.15) is 18.4 Å². The fraction of sp³-hybridized carbons (Fsp3) is 0.222. The Balaban J connectivity index is 1.61. The van der Waals surface area contributed by atoms with Crippen molar-refractivity contribution in [3.63, 3.8) is 0 Å². The first-order valence-electron chi connectivity index (χ1n) is 8.00. The maximum atomic E-state index is 12.1. The number of H-pyrrole nitrogens is 1. The van der Waals surface area contributed by atoms with Gasteiger partial charge in [-0.05, 0) is 25.1 Å². The molecule has 0 fully saturated rings. The van der Waals surface area contributed by atoms with Crippen LogP contribution in [0.3, 0.4) is 0 Å². The van der Waals surface area contributed by atoms with E-state index in [-0.39, 0.29) is 18.5 Å². The van der Waals surface area contributed by atoms with Gasteiger partial charge in [0.15, 0.2) is 6.10 Å². The number of hydrogen-bond donors (Lipinski definition) is 2. The SMILES string of the molecule is C[C@H](OC(=O)Cc1n[nH]c(=O)c2ccccc12)C(=O)NCc1ccco1. The van der Waals surface area contributed by atoms with Crippen LogP contribution in [0, 0.1) is 0 Å². The normalized spacial score (nSPS) is 11.9. The summed E-state index contributed by atoms with van der Waals surface area (Å²) in [5.74, 6) is -0.454. The molecule has 3 rings (SSSR count). The zero-order valence-corrected chi connectivity index (χ0v) is 14.0. The molecule has 2 heterocycles. The number of rotatable bonds is 6. The summed E-state index contributed by atoms with van der Waals surface area (Å²) in [4.78, 5) is 35.9. The minimum Gasteiger partial charge on any atom is -0.467 e. The van der Waals surface area contributed by atoms with Gasteiger partial charge in [0, 0.05) is 5.39 Å². The topological polar surface area (TPSA) is 114 Å². The molecule has 0 spiro atoms. The molecule has 0 aliphatic rings. The molecule has 8 nitrogen and oxygen atoms in total. The molecular weight excluding hydrogens is 338 g/mol. The van der Waals surface area contributed by atoms with Crippen molar-refractivity contribution in [1.82, 2.24) is 15.5 Å². The van der Waals surface area contributed by atoms with Gasteiger partial charge >= 0.3 is 5.97 Å². The standard InChI is InChI=1S/C18H17N3O5/c1-11(17(23)19-10-12-5-4-8-25-12)26-16(22)9-15-13-6-2-3-7-14(13)18(24)21-20-15/h2-8,11H,9-10H2,1H3,(H,19,23)(H,21,24)/t11-/m0/s1. The van der Waals surface area contributed by atoms with Crippen molar-refractivity contribution >= 4 is 22.6 Å². The first kappa shape index (κ1) is 17.4. The van der Waals surface area contributed by atoms with E-state index in [1.165, 1.54) is 13.2 Å². The zero-order valence-electron chi connectivity index (χ0n) is 14.0. The van der Waals surface area contributed by atoms with Crippen LogP contribution in [-0.4, -0.2) is 28.2 Å². The first-order chi connectivity index (χ1) is 12.5. The first-order valence-corrected chi connectivity index (χ1v) is 8.00. The van der Waals surface area contributed by atoms with Gasteiger partial charge in [-0.3, -0.25) is 14.4 Å². The molecule has 0 radical (unpaired) electrons. The lowest BCUT2D eigenvalue weighted by Gasteiger charge is -2.13. The Labute approximate surface area is 148 Å². The molecule has 0 saturated carbocycles. The highest BCUT2D eigenvalue weighted by molar-refractivity contribution is 5.88. The number of furan rings is 1. The van der Waals surface area contributed by atoms with Gasteiger partial charge in [-0.25, -0.2) is 5.10 Å². The van der Waals surface area contributed by atoms with E-state index in [1.54, 1.807) is 36.4 Å². The molecule has 1 atom stereocenters. The van der Waals surface area contributed by atoms with E-state index in [1.807, 2.05) is 0 Å². The largest absolute Gasteiger partial charge is 0.467 e. The molecule has 2 aromatic heterocycles. The summed E-state index contributed by atoms with van der Waals surface area (Å²) in [6.07, 6.45) is 0.381. The van der Waals surface area contributed by atoms with Gasteiger partial charge < -0.3 is 14.5 Å². The van der Waals surface area contributed by atoms with Crippen LogP contribution in [0.2, 0.25) is 0 Å². The van der Waals surface area contributed by atoms with Crippen LogP contribution in [0.4, 0.5) is 0 Å². The molecule has 1 aromatic carbocycles. The van der Waals surface area contributed by atoms with E-state index in [9.17, 15) is 14.4 Å². The van der Waals surface area contributed by atoms with Crippen LogP contribution in [0.25, 0.3) is 10.8 Å². The number of amides is 1. The third-order valence-corrected chi connectivity index (χ3v) is 3.78. The Kier molecular flexibility index (Phi) is 5.12. The predicted octanol–water partition coefficient (Wildman–Crippen LogP) is 1.31. The number of aromatic amines is 1. The zero-order chi connectivity index (χ0) is 18.5. The second kappa shape index (κ2) is 7.64. The second-order valence-corrected chi connectivity index (χ2v) is 5.65. The van der Waals surface area contributed by atoms with E-state index >= 15 is 0 Å². The average molecular weight is 355 g/mol. The second-order valence-electron chi connectivity index (χ2n) is 5.65. The predicted molar refractivity (Wildman–Crippen MR) is 92.2 cm³/mol. The van der Waals surface area contributed by atoms with Crippen molar-refractivity contribution in [2.45, 2.75) is 26.0 Å². The highest BCUT2D eigenvalue weighted by Crippen LogP contribution is 2.13. The van der Waals surface area contributed by atoms with Gasteiger partial charge in [-0.15, -0.1) is 0 Å². The van der Waals surface area contributed by atoms with Crippen molar-refractivity contribution < 1.29 is 18.7 Å². The fourth-order valence-electron chi connectivity index (χ4n) is 2.47. The van der Waals surface area contributed by atoms with Crippen LogP contribution >= 0.6 is 0 Å². The van der Waals surface area contributed by atoms with Crippen molar-refractivity contribution in [3.05, 3.63) is 64.5 Å². The van der Waals surface area contributed by atoms with Crippen molar-refractivity contribution in [2.75, 3.05) is 0 Å². The summed E-state index contributed by atoms with van der Waals surface area (Å²) in [6.45, 7) is 1.69. The molecule has 8 heteroatoms. The van der Waals surface area contributed by atoms with Crippen LogP contribution < -0.4 is 10.9 Å². The fourth-order valence-corrected chi connectivity index (χ4v) is 2.47. The maximum absolute atomic E-state index is 12.1. The van der Waals surface area contributed by atoms with E-state index in [0.29, 0.717) is 22.2 Å². The van der Waals surface area contributed by atoms with Gasteiger partial charge in [0.2, 0.25) is 0 Å². The number of aromatic nitrogens is 2. The highest BCUT2D eigenvalue weighted by Gasteiger charge is 2.19. The lowest BCUT2D eigenvalue weighted by Crippen LogP contribution is -2.35. The number of ether oxygens (including phenoxy) is 1. The summed E-state index contributed by atoms with van der Waals surface area (Å²) < 4.78 is 10.3. The lowest BCUT2D eigenvalue weighted by atomic mass is 10.1. The lowest BCUT2D eigenvalue weighted by molar-refractivity contribution is -0.154. The number of fused-ring (bicyclic) bond motifs is 1. The molecule has 134 valence electrons. The van der Waals surface area contributed by atoms with Crippen LogP contribution in [0.15, 0.2) is 51.9 Å². The Hall–Kier alpha value is -3.42. The Morgan fingerprint density at radius 2 is 2.00 bits per heavy atom. The summed E-state index contributed by atoms with van der Waals surface area (Å²) in [6, 6.07) is 10.3. The summed E-state index contributed by atoms with van der Waals surface area (Å²) in [5, 5.41) is 9.90. The monoisotopic (exact) mass is 355 g/mol. The number of esters is 1. The van der Waals surface area contributed by atoms with E-state index in [2.05, 4.69) is 15.5 Å². The average Bonchev–Trinajstić information content (AvgIpc) is 3.16. The number of nitrogens with zero attached hydrogens (tertiary/aromatic N) is 1. The number of carbonyl (C=O) groups excluding carboxylic acids is 2. The Bertz CT molecular complexity index is 978. The molecule has 0 aliphatic carbocycles. The summed E-state index contributed by atoms with van der Waals surface area (Å²) >= 11 is 0. The van der Waals surface area contributed by atoms with Crippen molar-refractivity contribution in [1.29, 1.82) is 0 Å². The molecule has 0 unspecified atom stereocenters. The highest BCUT2D eigenvalue weighted by atomic mass is 16.5. The van der Waals surface area contributed by atoms with Crippen LogP contribution in [0.5, 0.6) is 0 Å². The smallest absolute Gasteiger partial charge is 0.312 e. The third kappa shape index (κ3) is 3.97. The maximum Gasteiger partial charge on any atom is 0.312 e. The molecular formula is C18H17N3O5. The third-order valence-electron chi connectivity index (χ3n) is 3.78. The van der Waals surface area contributed by atoms with Crippen molar-refractivity contribution in [3.8, 4) is 0 Å². The van der Waals surface area contributed by atoms with E-state index in [4.69, 9.17) is 9.15 Å². The van der Waals surface area contributed by atoms with Gasteiger partial charge in [0.05, 0.1) is 30.3 Å². The number of carbonyl (C=O) groups is 2. The van der Waals surface area contributed by atoms with E-state index < -0.39 is 18.0 Å². The van der Waals surface area contributed by atoms with Gasteiger partial charge in [0.1, 0.15) is 5.76 Å². The van der Waals surface area contributed by atoms with Gasteiger partial charge in [-0.2, -0.15) is 5.10 Å². The summed E-state index contributed by atoms with van der Waals surface area (Å²) in [7, 11) is 0. The Morgan fingerprint density at radius 3 is 2.73 bits per heavy atom. The van der Waals surface area contributed by atoms with Crippen LogP contribution in [-0.2, 0) is 27.3 Å². The molecule has 1 amide bonds. The minimum atomic E-state index is -0.966. The molecule has 26 heavy (non-hydrogen) atoms. The quantitative estimate of drug-likeness (QED) is 0.644. The molecule has 2 N–H and O–H groups in total. The molecule has 0 bridgehead atoms. The van der Waals surface area contributed by atoms with E-state index in [0.717, 1.165) is 0 Å². The number of nitrogens with one attached hydrogen (secondary N) is 2. The number of benzene rings is 1. The van der Waals surface area contributed by atoms with Gasteiger partial charge in [-0.1, -0.05) is 18.2 Å². The molecule has 0 saturated heterocycles. The summed E-state index contributed by atoms with van der Waals surface area (Å²) in [5.41, 5.74) is 0.0526. The number of hydrogen-bond acceptors (Lipinski definition) is 6.